The normalized spacial score (nSPS) is 11.1. The van der Waals surface area contributed by atoms with Crippen molar-refractivity contribution in [3.63, 3.8) is 0 Å². The molecule has 6 heteroatoms. The molecule has 1 aromatic rings. The van der Waals surface area contributed by atoms with Crippen LogP contribution in [0.25, 0.3) is 0 Å². The lowest BCUT2D eigenvalue weighted by atomic mass is 10.2. The minimum absolute atomic E-state index is 0.282. The van der Waals surface area contributed by atoms with E-state index in [2.05, 4.69) is 10.1 Å². The summed E-state index contributed by atoms with van der Waals surface area (Å²) >= 11 is 0. The van der Waals surface area contributed by atoms with Gasteiger partial charge in [-0.3, -0.25) is 4.79 Å². The number of esters is 1. The molecule has 0 unspecified atom stereocenters. The van der Waals surface area contributed by atoms with Gasteiger partial charge in [-0.1, -0.05) is 0 Å². The van der Waals surface area contributed by atoms with Crippen LogP contribution >= 0.6 is 0 Å². The third-order valence-electron chi connectivity index (χ3n) is 2.33. The molecule has 0 spiro atoms. The van der Waals surface area contributed by atoms with Gasteiger partial charge in [0.05, 0.1) is 12.7 Å². The first-order valence-electron chi connectivity index (χ1n) is 5.41. The van der Waals surface area contributed by atoms with Gasteiger partial charge in [0, 0.05) is 18.7 Å². The monoisotopic (exact) mass is 261 g/mol. The number of ether oxygens (including phenoxy) is 1. The highest BCUT2D eigenvalue weighted by atomic mass is 19.4. The van der Waals surface area contributed by atoms with Gasteiger partial charge in [0.25, 0.3) is 0 Å². The average molecular weight is 261 g/mol. The number of methoxy groups -OCH3 is 1. The number of benzene rings is 1. The molecule has 1 N–H and O–H groups in total. The van der Waals surface area contributed by atoms with E-state index in [9.17, 15) is 18.0 Å². The Morgan fingerprint density at radius 2 is 1.89 bits per heavy atom. The van der Waals surface area contributed by atoms with Crippen LogP contribution in [0.5, 0.6) is 0 Å². The first-order valence-corrected chi connectivity index (χ1v) is 5.41. The van der Waals surface area contributed by atoms with Crippen LogP contribution in [-0.4, -0.2) is 19.6 Å². The highest BCUT2D eigenvalue weighted by Gasteiger charge is 2.29. The summed E-state index contributed by atoms with van der Waals surface area (Å²) in [6.45, 7) is 0.500. The molecule has 3 nitrogen and oxygen atoms in total. The smallest absolute Gasteiger partial charge is 0.416 e. The second-order valence-electron chi connectivity index (χ2n) is 3.68. The summed E-state index contributed by atoms with van der Waals surface area (Å²) in [5.41, 5.74) is -0.0875. The van der Waals surface area contributed by atoms with Crippen molar-refractivity contribution in [2.45, 2.75) is 19.0 Å². The quantitative estimate of drug-likeness (QED) is 0.654. The number of carbonyl (C=O) groups is 1. The highest BCUT2D eigenvalue weighted by Crippen LogP contribution is 2.29. The molecular weight excluding hydrogens is 247 g/mol. The fourth-order valence-electron chi connectivity index (χ4n) is 1.34. The molecular formula is C12H14F3NO2. The van der Waals surface area contributed by atoms with E-state index in [0.29, 0.717) is 18.7 Å². The van der Waals surface area contributed by atoms with Crippen LogP contribution in [0.3, 0.4) is 0 Å². The van der Waals surface area contributed by atoms with Crippen LogP contribution in [0, 0.1) is 0 Å². The van der Waals surface area contributed by atoms with Crippen molar-refractivity contribution in [2.24, 2.45) is 0 Å². The number of alkyl halides is 3. The molecule has 0 amide bonds. The molecule has 100 valence electrons. The van der Waals surface area contributed by atoms with Gasteiger partial charge in [-0.25, -0.2) is 0 Å². The van der Waals surface area contributed by atoms with Crippen LogP contribution in [0.1, 0.15) is 18.4 Å². The fraction of sp³-hybridized carbons (Fsp3) is 0.417. The van der Waals surface area contributed by atoms with Crippen molar-refractivity contribution in [3.8, 4) is 0 Å². The molecule has 0 bridgehead atoms. The zero-order valence-electron chi connectivity index (χ0n) is 9.88. The van der Waals surface area contributed by atoms with E-state index in [0.717, 1.165) is 12.1 Å². The number of rotatable bonds is 5. The summed E-state index contributed by atoms with van der Waals surface area (Å²) in [6, 6.07) is 4.76. The SMILES string of the molecule is COC(=O)CCCNc1ccc(C(F)(F)F)cc1. The maximum atomic E-state index is 12.3. The third-order valence-corrected chi connectivity index (χ3v) is 2.33. The van der Waals surface area contributed by atoms with Crippen molar-refractivity contribution in [1.82, 2.24) is 0 Å². The Kier molecular flexibility index (Phi) is 5.00. The summed E-state index contributed by atoms with van der Waals surface area (Å²) in [6.07, 6.45) is -3.47. The highest BCUT2D eigenvalue weighted by molar-refractivity contribution is 5.69. The largest absolute Gasteiger partial charge is 0.469 e. The minimum Gasteiger partial charge on any atom is -0.469 e. The molecule has 18 heavy (non-hydrogen) atoms. The number of hydrogen-bond donors (Lipinski definition) is 1. The lowest BCUT2D eigenvalue weighted by molar-refractivity contribution is -0.140. The van der Waals surface area contributed by atoms with Gasteiger partial charge in [-0.15, -0.1) is 0 Å². The Labute approximate surface area is 103 Å². The summed E-state index contributed by atoms with van der Waals surface area (Å²) in [5, 5.41) is 2.93. The Balaban J connectivity index is 2.38. The van der Waals surface area contributed by atoms with E-state index in [1.165, 1.54) is 19.2 Å². The van der Waals surface area contributed by atoms with E-state index < -0.39 is 11.7 Å². The maximum Gasteiger partial charge on any atom is 0.416 e. The van der Waals surface area contributed by atoms with Crippen LogP contribution in [0.15, 0.2) is 24.3 Å². The van der Waals surface area contributed by atoms with Crippen molar-refractivity contribution < 1.29 is 22.7 Å². The average Bonchev–Trinajstić information content (AvgIpc) is 2.33. The molecule has 0 fully saturated rings. The second kappa shape index (κ2) is 6.28. The van der Waals surface area contributed by atoms with Gasteiger partial charge in [0.1, 0.15) is 0 Å². The predicted molar refractivity (Wildman–Crippen MR) is 61.2 cm³/mol. The van der Waals surface area contributed by atoms with Crippen molar-refractivity contribution >= 4 is 11.7 Å². The summed E-state index contributed by atoms with van der Waals surface area (Å²) in [5.74, 6) is -0.302. The van der Waals surface area contributed by atoms with Crippen LogP contribution in [-0.2, 0) is 15.7 Å². The van der Waals surface area contributed by atoms with Gasteiger partial charge < -0.3 is 10.1 Å². The van der Waals surface area contributed by atoms with Crippen LogP contribution < -0.4 is 5.32 Å². The van der Waals surface area contributed by atoms with Crippen molar-refractivity contribution in [3.05, 3.63) is 29.8 Å². The standard InChI is InChI=1S/C12H14F3NO2/c1-18-11(17)3-2-8-16-10-6-4-9(5-7-10)12(13,14)15/h4-7,16H,2-3,8H2,1H3. The molecule has 0 aliphatic rings. The van der Waals surface area contributed by atoms with E-state index >= 15 is 0 Å². The van der Waals surface area contributed by atoms with Gasteiger partial charge >= 0.3 is 12.1 Å². The van der Waals surface area contributed by atoms with Crippen LogP contribution in [0.4, 0.5) is 18.9 Å². The Bertz CT molecular complexity index is 387. The Morgan fingerprint density at radius 1 is 1.28 bits per heavy atom. The van der Waals surface area contributed by atoms with Gasteiger partial charge in [-0.2, -0.15) is 13.2 Å². The van der Waals surface area contributed by atoms with E-state index in [1.807, 2.05) is 0 Å². The molecule has 0 aliphatic heterocycles. The lowest BCUT2D eigenvalue weighted by Crippen LogP contribution is -2.07. The molecule has 1 rings (SSSR count). The molecule has 0 saturated heterocycles. The summed E-state index contributed by atoms with van der Waals surface area (Å²) < 4.78 is 41.3. The Hall–Kier alpha value is -1.72. The molecule has 0 radical (unpaired) electrons. The lowest BCUT2D eigenvalue weighted by Gasteiger charge is -2.09. The van der Waals surface area contributed by atoms with Gasteiger partial charge in [0.2, 0.25) is 0 Å². The van der Waals surface area contributed by atoms with Gasteiger partial charge in [0.15, 0.2) is 0 Å². The summed E-state index contributed by atoms with van der Waals surface area (Å²) in [7, 11) is 1.31. The van der Waals surface area contributed by atoms with Gasteiger partial charge in [-0.05, 0) is 30.7 Å². The first-order chi connectivity index (χ1) is 8.43. The Morgan fingerprint density at radius 3 is 2.39 bits per heavy atom. The zero-order valence-corrected chi connectivity index (χ0v) is 9.88. The molecule has 0 aliphatic carbocycles. The summed E-state index contributed by atoms with van der Waals surface area (Å²) in [4.78, 5) is 10.8. The maximum absolute atomic E-state index is 12.3. The van der Waals surface area contributed by atoms with Crippen LogP contribution in [0.2, 0.25) is 0 Å². The minimum atomic E-state index is -4.32. The molecule has 0 saturated carbocycles. The number of nitrogens with one attached hydrogen (secondary N) is 1. The topological polar surface area (TPSA) is 38.3 Å². The molecule has 0 atom stereocenters. The fourth-order valence-corrected chi connectivity index (χ4v) is 1.34. The number of hydrogen-bond acceptors (Lipinski definition) is 3. The number of anilines is 1. The third kappa shape index (κ3) is 4.65. The van der Waals surface area contributed by atoms with E-state index in [4.69, 9.17) is 0 Å². The predicted octanol–water partition coefficient (Wildman–Crippen LogP) is 3.07. The van der Waals surface area contributed by atoms with E-state index in [-0.39, 0.29) is 12.4 Å². The second-order valence-corrected chi connectivity index (χ2v) is 3.68. The van der Waals surface area contributed by atoms with E-state index in [1.54, 1.807) is 0 Å². The molecule has 1 aromatic carbocycles. The first kappa shape index (κ1) is 14.3. The number of carbonyl (C=O) groups excluding carboxylic acids is 1. The molecule has 0 aromatic heterocycles. The zero-order chi connectivity index (χ0) is 13.6. The van der Waals surface area contributed by atoms with Crippen molar-refractivity contribution in [2.75, 3.05) is 19.0 Å². The molecule has 0 heterocycles. The van der Waals surface area contributed by atoms with Crippen molar-refractivity contribution in [1.29, 1.82) is 0 Å². The number of halogens is 3.